The highest BCUT2D eigenvalue weighted by molar-refractivity contribution is 14.1. The fraction of sp³-hybridized carbons (Fsp3) is 0.400. The van der Waals surface area contributed by atoms with E-state index in [2.05, 4.69) is 34.4 Å². The van der Waals surface area contributed by atoms with E-state index in [0.29, 0.717) is 17.2 Å². The van der Waals surface area contributed by atoms with Crippen LogP contribution >= 0.6 is 22.6 Å². The summed E-state index contributed by atoms with van der Waals surface area (Å²) in [4.78, 5) is 2.53. The Bertz CT molecular complexity index is 868. The van der Waals surface area contributed by atoms with E-state index >= 15 is 0 Å². The molecule has 1 aliphatic heterocycles. The predicted molar refractivity (Wildman–Crippen MR) is 114 cm³/mol. The molecule has 0 aliphatic carbocycles. The number of fused-ring (bicyclic) bond motifs is 1. The zero-order valence-corrected chi connectivity index (χ0v) is 18.1. The maximum Gasteiger partial charge on any atom is 0.180 e. The van der Waals surface area contributed by atoms with Gasteiger partial charge >= 0.3 is 0 Å². The third-order valence-corrected chi connectivity index (χ3v) is 7.54. The van der Waals surface area contributed by atoms with Gasteiger partial charge in [0.25, 0.3) is 0 Å². The van der Waals surface area contributed by atoms with Crippen molar-refractivity contribution in [1.29, 1.82) is 0 Å². The topological polar surface area (TPSA) is 46.6 Å². The van der Waals surface area contributed by atoms with Crippen LogP contribution in [0.25, 0.3) is 0 Å². The summed E-state index contributed by atoms with van der Waals surface area (Å²) in [7, 11) is -1.80. The zero-order valence-electron chi connectivity index (χ0n) is 15.1. The first-order valence-corrected chi connectivity index (χ1v) is 11.6. The van der Waals surface area contributed by atoms with Gasteiger partial charge in [0.1, 0.15) is 5.75 Å². The molecule has 26 heavy (non-hydrogen) atoms. The lowest BCUT2D eigenvalue weighted by Crippen LogP contribution is -2.26. The number of hydrogen-bond acceptors (Lipinski definition) is 4. The summed E-state index contributed by atoms with van der Waals surface area (Å²) in [5, 5.41) is 0. The molecule has 1 atom stereocenters. The molecule has 0 spiro atoms. The van der Waals surface area contributed by atoms with Gasteiger partial charge in [0.15, 0.2) is 9.84 Å². The van der Waals surface area contributed by atoms with Gasteiger partial charge in [-0.25, -0.2) is 8.42 Å². The Hall–Kier alpha value is -1.28. The molecular formula is C20H24INO3S. The van der Waals surface area contributed by atoms with Gasteiger partial charge in [0, 0.05) is 18.3 Å². The van der Waals surface area contributed by atoms with E-state index in [1.807, 2.05) is 36.4 Å². The summed E-state index contributed by atoms with van der Waals surface area (Å²) in [5.41, 5.74) is 1.77. The van der Waals surface area contributed by atoms with Crippen molar-refractivity contribution in [3.05, 3.63) is 46.0 Å². The lowest BCUT2D eigenvalue weighted by molar-refractivity contribution is 0.410. The van der Waals surface area contributed by atoms with Crippen molar-refractivity contribution in [2.75, 3.05) is 24.3 Å². The highest BCUT2D eigenvalue weighted by Crippen LogP contribution is 2.41. The molecule has 1 unspecified atom stereocenters. The second-order valence-corrected chi connectivity index (χ2v) is 9.86. The summed E-state index contributed by atoms with van der Waals surface area (Å²) >= 11 is 2.20. The molecule has 0 bridgehead atoms. The van der Waals surface area contributed by atoms with Crippen molar-refractivity contribution in [2.24, 2.45) is 5.92 Å². The number of rotatable bonds is 5. The van der Waals surface area contributed by atoms with E-state index in [1.54, 1.807) is 13.2 Å². The first-order valence-electron chi connectivity index (χ1n) is 8.89. The molecule has 0 fully saturated rings. The lowest BCUT2D eigenvalue weighted by Gasteiger charge is -2.27. The van der Waals surface area contributed by atoms with E-state index in [-0.39, 0.29) is 11.7 Å². The Labute approximate surface area is 169 Å². The molecule has 0 radical (unpaired) electrons. The fourth-order valence-electron chi connectivity index (χ4n) is 3.47. The van der Waals surface area contributed by atoms with Crippen molar-refractivity contribution in [3.8, 4) is 5.75 Å². The average molecular weight is 485 g/mol. The molecule has 4 nitrogen and oxygen atoms in total. The number of nitrogens with zero attached hydrogens (tertiary/aromatic N) is 1. The second-order valence-electron chi connectivity index (χ2n) is 6.69. The third-order valence-electron chi connectivity index (χ3n) is 4.79. The minimum Gasteiger partial charge on any atom is -0.496 e. The summed E-state index contributed by atoms with van der Waals surface area (Å²) < 4.78 is 32.6. The molecule has 3 rings (SSSR count). The maximum atomic E-state index is 13.1. The van der Waals surface area contributed by atoms with Gasteiger partial charge in [0.05, 0.1) is 27.0 Å². The smallest absolute Gasteiger partial charge is 0.180 e. The van der Waals surface area contributed by atoms with Gasteiger partial charge in [-0.05, 0) is 53.1 Å². The largest absolute Gasteiger partial charge is 0.496 e. The molecule has 140 valence electrons. The molecule has 2 aromatic rings. The highest BCUT2D eigenvalue weighted by Gasteiger charge is 2.33. The van der Waals surface area contributed by atoms with E-state index in [1.165, 1.54) is 0 Å². The molecular weight excluding hydrogens is 461 g/mol. The summed E-state index contributed by atoms with van der Waals surface area (Å²) in [6.45, 7) is 2.85. The fourth-order valence-corrected chi connectivity index (χ4v) is 5.99. The van der Waals surface area contributed by atoms with Crippen LogP contribution in [0, 0.1) is 9.49 Å². The van der Waals surface area contributed by atoms with Crippen LogP contribution in [-0.2, 0) is 9.84 Å². The second kappa shape index (κ2) is 8.17. The quantitative estimate of drug-likeness (QED) is 0.558. The van der Waals surface area contributed by atoms with Gasteiger partial charge in [-0.2, -0.15) is 0 Å². The Balaban J connectivity index is 2.17. The summed E-state index contributed by atoms with van der Waals surface area (Å²) in [6.07, 6.45) is 3.03. The number of benzene rings is 2. The molecule has 1 heterocycles. The molecule has 0 saturated carbocycles. The van der Waals surface area contributed by atoms with E-state index < -0.39 is 9.84 Å². The lowest BCUT2D eigenvalue weighted by atomic mass is 10.0. The minimum atomic E-state index is -3.37. The van der Waals surface area contributed by atoms with Crippen molar-refractivity contribution in [2.45, 2.75) is 31.1 Å². The van der Waals surface area contributed by atoms with Crippen LogP contribution in [0.5, 0.6) is 5.75 Å². The summed E-state index contributed by atoms with van der Waals surface area (Å²) in [5.74, 6) is 0.900. The average Bonchev–Trinajstić information content (AvgIpc) is 2.74. The number of anilines is 2. The molecule has 0 saturated heterocycles. The Morgan fingerprint density at radius 1 is 1.23 bits per heavy atom. The Morgan fingerprint density at radius 3 is 2.62 bits per heavy atom. The first kappa shape index (κ1) is 19.5. The number of para-hydroxylation sites is 1. The molecule has 0 aromatic heterocycles. The monoisotopic (exact) mass is 485 g/mol. The first-order chi connectivity index (χ1) is 12.5. The maximum absolute atomic E-state index is 13.1. The normalized spacial score (nSPS) is 18.9. The molecule has 0 amide bonds. The Kier molecular flexibility index (Phi) is 6.12. The highest BCUT2D eigenvalue weighted by atomic mass is 127. The summed E-state index contributed by atoms with van der Waals surface area (Å²) in [6, 6.07) is 13.6. The van der Waals surface area contributed by atoms with Gasteiger partial charge in [-0.3, -0.25) is 0 Å². The van der Waals surface area contributed by atoms with Crippen LogP contribution in [0.1, 0.15) is 26.2 Å². The predicted octanol–water partition coefficient (Wildman–Crippen LogP) is 5.03. The van der Waals surface area contributed by atoms with Crippen LogP contribution in [0.3, 0.4) is 0 Å². The van der Waals surface area contributed by atoms with Gasteiger partial charge in [-0.1, -0.05) is 38.0 Å². The van der Waals surface area contributed by atoms with Crippen LogP contribution in [0.2, 0.25) is 0 Å². The number of hydrogen-bond donors (Lipinski definition) is 0. The van der Waals surface area contributed by atoms with E-state index in [0.717, 1.165) is 34.2 Å². The number of halogens is 1. The van der Waals surface area contributed by atoms with Crippen LogP contribution in [0.4, 0.5) is 11.4 Å². The van der Waals surface area contributed by atoms with Crippen LogP contribution < -0.4 is 9.64 Å². The zero-order chi connectivity index (χ0) is 18.7. The van der Waals surface area contributed by atoms with Crippen LogP contribution in [0.15, 0.2) is 47.4 Å². The standard InChI is InChI=1S/C20H24INO3S/c1-3-4-8-15-13-22(16-9-6-5-7-10-16)18-11-17(21)19(25-2)12-20(18)26(23,24)14-15/h5-7,9-12,15H,3-4,8,13-14H2,1-2H3. The number of sulfone groups is 1. The van der Waals surface area contributed by atoms with Gasteiger partial charge in [-0.15, -0.1) is 0 Å². The SMILES string of the molecule is CCCCC1CN(c2ccccc2)c2cc(I)c(OC)cc2S(=O)(=O)C1. The minimum absolute atomic E-state index is 0.108. The third kappa shape index (κ3) is 4.01. The molecule has 6 heteroatoms. The van der Waals surface area contributed by atoms with Crippen molar-refractivity contribution in [3.63, 3.8) is 0 Å². The van der Waals surface area contributed by atoms with E-state index in [4.69, 9.17) is 4.74 Å². The molecule has 1 aliphatic rings. The van der Waals surface area contributed by atoms with Crippen molar-refractivity contribution < 1.29 is 13.2 Å². The number of ether oxygens (including phenoxy) is 1. The van der Waals surface area contributed by atoms with Gasteiger partial charge < -0.3 is 9.64 Å². The van der Waals surface area contributed by atoms with Crippen molar-refractivity contribution >= 4 is 43.8 Å². The van der Waals surface area contributed by atoms with E-state index in [9.17, 15) is 8.42 Å². The molecule has 2 aromatic carbocycles. The Morgan fingerprint density at radius 2 is 1.96 bits per heavy atom. The number of methoxy groups -OCH3 is 1. The van der Waals surface area contributed by atoms with Gasteiger partial charge in [0.2, 0.25) is 0 Å². The van der Waals surface area contributed by atoms with Crippen LogP contribution in [-0.4, -0.2) is 27.8 Å². The molecule has 0 N–H and O–H groups in total. The van der Waals surface area contributed by atoms with Crippen molar-refractivity contribution in [1.82, 2.24) is 0 Å². The number of unbranched alkanes of at least 4 members (excludes halogenated alkanes) is 1.